The fourth-order valence-electron chi connectivity index (χ4n) is 6.76. The molecule has 2 aromatic heterocycles. The van der Waals surface area contributed by atoms with Gasteiger partial charge in [0.25, 0.3) is 0 Å². The molecule has 4 fully saturated rings. The molecule has 6 heterocycles. The number of rotatable bonds is 6. The van der Waals surface area contributed by atoms with E-state index in [2.05, 4.69) is 17.1 Å². The van der Waals surface area contributed by atoms with E-state index in [4.69, 9.17) is 16.1 Å². The van der Waals surface area contributed by atoms with E-state index >= 15 is 0 Å². The van der Waals surface area contributed by atoms with Gasteiger partial charge in [0, 0.05) is 37.9 Å². The normalized spacial score (nSPS) is 31.0. The number of imide groups is 1. The van der Waals surface area contributed by atoms with Gasteiger partial charge < -0.3 is 9.01 Å². The van der Waals surface area contributed by atoms with Gasteiger partial charge in [0.15, 0.2) is 5.76 Å². The molecule has 2 aromatic rings. The number of fused-ring (bicyclic) bond motifs is 3. The van der Waals surface area contributed by atoms with E-state index in [1.54, 1.807) is 4.90 Å². The van der Waals surface area contributed by atoms with E-state index in [1.165, 1.54) is 37.3 Å². The molecule has 0 aliphatic carbocycles. The van der Waals surface area contributed by atoms with Crippen LogP contribution in [0.15, 0.2) is 22.7 Å². The van der Waals surface area contributed by atoms with Crippen molar-refractivity contribution in [2.24, 2.45) is 11.8 Å². The number of amides is 2. The van der Waals surface area contributed by atoms with Crippen molar-refractivity contribution in [1.29, 1.82) is 0 Å². The Morgan fingerprint density at radius 2 is 1.97 bits per heavy atom. The number of carbonyl (C=O) groups is 2. The fourth-order valence-corrected chi connectivity index (χ4v) is 7.75. The molecule has 2 amide bonds. The minimum absolute atomic E-state index is 0.0165. The average molecular weight is 490 g/mol. The summed E-state index contributed by atoms with van der Waals surface area (Å²) in [4.78, 5) is 31.9. The van der Waals surface area contributed by atoms with E-state index in [0.717, 1.165) is 47.4 Å². The first-order chi connectivity index (χ1) is 16.0. The van der Waals surface area contributed by atoms with E-state index in [-0.39, 0.29) is 35.7 Å². The maximum absolute atomic E-state index is 13.6. The van der Waals surface area contributed by atoms with Crippen molar-refractivity contribution < 1.29 is 18.6 Å². The van der Waals surface area contributed by atoms with Gasteiger partial charge in [-0.25, -0.2) is 0 Å². The summed E-state index contributed by atoms with van der Waals surface area (Å²) in [5.74, 6) is 0.0684. The van der Waals surface area contributed by atoms with Gasteiger partial charge in [0.2, 0.25) is 11.8 Å². The number of hydrogen-bond acceptors (Lipinski definition) is 6. The predicted molar refractivity (Wildman–Crippen MR) is 126 cm³/mol. The Kier molecular flexibility index (Phi) is 5.40. The van der Waals surface area contributed by atoms with Crippen LogP contribution in [0, 0.1) is 11.8 Å². The van der Waals surface area contributed by atoms with E-state index in [1.807, 2.05) is 18.2 Å². The van der Waals surface area contributed by atoms with Crippen molar-refractivity contribution in [3.63, 3.8) is 0 Å². The van der Waals surface area contributed by atoms with Crippen LogP contribution in [0.4, 0.5) is 0 Å². The largest absolute Gasteiger partial charge is 0.355 e. The third-order valence-electron chi connectivity index (χ3n) is 8.32. The molecule has 176 valence electrons. The maximum Gasteiger partial charge on any atom is 0.235 e. The van der Waals surface area contributed by atoms with Crippen molar-refractivity contribution >= 4 is 34.8 Å². The third kappa shape index (κ3) is 3.57. The number of aromatic nitrogens is 1. The number of carbonyl (C=O) groups excluding carboxylic acids is 2. The molecule has 0 aromatic carbocycles. The van der Waals surface area contributed by atoms with Crippen molar-refractivity contribution in [2.75, 3.05) is 39.8 Å². The van der Waals surface area contributed by atoms with Crippen LogP contribution in [0.2, 0.25) is 4.34 Å². The SMILES string of the molecule is C[N+]1(CCCN2C(=O)[C@@H]3[C@H](C2=O)[C@H](c2cc(-c4ccc(Cl)s4)on2)N2CCC[C@@H]32)CCCC1. The first kappa shape index (κ1) is 21.8. The molecular formula is C24H30ClN4O3S+. The van der Waals surface area contributed by atoms with Crippen molar-refractivity contribution in [3.05, 3.63) is 28.2 Å². The van der Waals surface area contributed by atoms with E-state index in [9.17, 15) is 9.59 Å². The molecule has 6 rings (SSSR count). The molecular weight excluding hydrogens is 460 g/mol. The lowest BCUT2D eigenvalue weighted by atomic mass is 9.86. The monoisotopic (exact) mass is 489 g/mol. The quantitative estimate of drug-likeness (QED) is 0.456. The zero-order valence-electron chi connectivity index (χ0n) is 18.9. The van der Waals surface area contributed by atoms with Crippen LogP contribution in [-0.2, 0) is 9.59 Å². The second-order valence-electron chi connectivity index (χ2n) is 10.3. The predicted octanol–water partition coefficient (Wildman–Crippen LogP) is 3.81. The molecule has 4 atom stereocenters. The number of halogens is 1. The van der Waals surface area contributed by atoms with Crippen LogP contribution in [-0.4, -0.2) is 77.1 Å². The zero-order chi connectivity index (χ0) is 22.7. The Morgan fingerprint density at radius 1 is 1.18 bits per heavy atom. The van der Waals surface area contributed by atoms with Crippen LogP contribution >= 0.6 is 22.9 Å². The van der Waals surface area contributed by atoms with Gasteiger partial charge in [-0.1, -0.05) is 16.8 Å². The Labute approximate surface area is 202 Å². The smallest absolute Gasteiger partial charge is 0.235 e. The lowest BCUT2D eigenvalue weighted by Gasteiger charge is -2.30. The first-order valence-electron chi connectivity index (χ1n) is 12.1. The minimum Gasteiger partial charge on any atom is -0.355 e. The highest BCUT2D eigenvalue weighted by atomic mass is 35.5. The number of quaternary nitrogens is 1. The average Bonchev–Trinajstić information content (AvgIpc) is 3.59. The van der Waals surface area contributed by atoms with Crippen LogP contribution in [0.3, 0.4) is 0 Å². The van der Waals surface area contributed by atoms with Gasteiger partial charge in [-0.05, 0) is 31.5 Å². The second-order valence-corrected chi connectivity index (χ2v) is 12.1. The molecule has 0 saturated carbocycles. The van der Waals surface area contributed by atoms with Crippen molar-refractivity contribution in [2.45, 2.75) is 44.2 Å². The number of nitrogens with zero attached hydrogens (tertiary/aromatic N) is 4. The zero-order valence-corrected chi connectivity index (χ0v) is 20.5. The highest BCUT2D eigenvalue weighted by molar-refractivity contribution is 7.19. The van der Waals surface area contributed by atoms with Gasteiger partial charge in [0.05, 0.1) is 53.8 Å². The van der Waals surface area contributed by atoms with Crippen LogP contribution in [0.5, 0.6) is 0 Å². The maximum atomic E-state index is 13.6. The van der Waals surface area contributed by atoms with Gasteiger partial charge in [-0.2, -0.15) is 0 Å². The highest BCUT2D eigenvalue weighted by Crippen LogP contribution is 2.53. The molecule has 0 bridgehead atoms. The lowest BCUT2D eigenvalue weighted by molar-refractivity contribution is -0.897. The highest BCUT2D eigenvalue weighted by Gasteiger charge is 2.63. The number of hydrogen-bond donors (Lipinski definition) is 0. The molecule has 4 aliphatic heterocycles. The van der Waals surface area contributed by atoms with Crippen LogP contribution < -0.4 is 0 Å². The summed E-state index contributed by atoms with van der Waals surface area (Å²) in [5, 5.41) is 4.38. The summed E-state index contributed by atoms with van der Waals surface area (Å²) in [7, 11) is 2.30. The first-order valence-corrected chi connectivity index (χ1v) is 13.3. The van der Waals surface area contributed by atoms with Crippen molar-refractivity contribution in [3.8, 4) is 10.6 Å². The Morgan fingerprint density at radius 3 is 2.73 bits per heavy atom. The summed E-state index contributed by atoms with van der Waals surface area (Å²) in [5.41, 5.74) is 0.757. The number of thiophene rings is 1. The fraction of sp³-hybridized carbons (Fsp3) is 0.625. The van der Waals surface area contributed by atoms with Gasteiger partial charge in [-0.3, -0.25) is 19.4 Å². The molecule has 4 aliphatic rings. The summed E-state index contributed by atoms with van der Waals surface area (Å²) in [6.45, 7) is 4.87. The molecule has 9 heteroatoms. The van der Waals surface area contributed by atoms with Gasteiger partial charge in [-0.15, -0.1) is 11.3 Å². The summed E-state index contributed by atoms with van der Waals surface area (Å²) < 4.78 is 7.42. The van der Waals surface area contributed by atoms with Gasteiger partial charge in [0.1, 0.15) is 5.69 Å². The van der Waals surface area contributed by atoms with Gasteiger partial charge >= 0.3 is 0 Å². The van der Waals surface area contributed by atoms with Crippen molar-refractivity contribution in [1.82, 2.24) is 15.0 Å². The third-order valence-corrected chi connectivity index (χ3v) is 9.56. The molecule has 4 saturated heterocycles. The standard InChI is InChI=1S/C24H30ClN4O3S/c1-29(11-2-3-12-29)13-5-10-28-23(30)20-16-6-4-9-27(16)22(21(20)24(28)31)15-14-17(32-26-15)18-7-8-19(25)33-18/h7-8,14,16,20-22H,2-6,9-13H2,1H3/q+1/t16-,20-,21-,22-/m0/s1. The van der Waals surface area contributed by atoms with E-state index in [0.29, 0.717) is 16.6 Å². The van der Waals surface area contributed by atoms with E-state index < -0.39 is 0 Å². The van der Waals surface area contributed by atoms with Crippen LogP contribution in [0.1, 0.15) is 43.8 Å². The molecule has 33 heavy (non-hydrogen) atoms. The Bertz CT molecular complexity index is 1080. The summed E-state index contributed by atoms with van der Waals surface area (Å²) >= 11 is 7.54. The Hall–Kier alpha value is -1.74. The lowest BCUT2D eigenvalue weighted by Crippen LogP contribution is -2.44. The Balaban J connectivity index is 1.24. The molecule has 0 N–H and O–H groups in total. The summed E-state index contributed by atoms with van der Waals surface area (Å²) in [6.07, 6.45) is 5.44. The molecule has 0 unspecified atom stereocenters. The molecule has 7 nitrogen and oxygen atoms in total. The molecule has 0 spiro atoms. The minimum atomic E-state index is -0.357. The topological polar surface area (TPSA) is 66.7 Å². The second kappa shape index (κ2) is 8.18. The number of likely N-dealkylation sites (tertiary alicyclic amines) is 2. The van der Waals surface area contributed by atoms with Crippen LogP contribution in [0.25, 0.3) is 10.6 Å². The molecule has 0 radical (unpaired) electrons. The summed E-state index contributed by atoms with van der Waals surface area (Å²) in [6, 6.07) is 5.63.